The summed E-state index contributed by atoms with van der Waals surface area (Å²) in [7, 11) is 0. The fourth-order valence-corrected chi connectivity index (χ4v) is 2.17. The lowest BCUT2D eigenvalue weighted by atomic mass is 10.1. The molecule has 132 valence electrons. The van der Waals surface area contributed by atoms with Crippen LogP contribution in [0.5, 0.6) is 0 Å². The zero-order valence-electron chi connectivity index (χ0n) is 13.7. The molecule has 0 amide bonds. The maximum absolute atomic E-state index is 11.7. The summed E-state index contributed by atoms with van der Waals surface area (Å²) in [5.74, 6) is -2.34. The Kier molecular flexibility index (Phi) is 12.4. The monoisotopic (exact) mass is 320 g/mol. The van der Waals surface area contributed by atoms with Gasteiger partial charge in [0.1, 0.15) is 6.61 Å². The molecule has 2 atom stereocenters. The van der Waals surface area contributed by atoms with Crippen molar-refractivity contribution in [3.05, 3.63) is 0 Å². The number of ether oxygens (including phenoxy) is 1. The molecule has 0 spiro atoms. The van der Waals surface area contributed by atoms with Gasteiger partial charge in [0.15, 0.2) is 0 Å². The topological polar surface area (TPSA) is 107 Å². The summed E-state index contributed by atoms with van der Waals surface area (Å²) in [6.45, 7) is 1.18. The van der Waals surface area contributed by atoms with Crippen molar-refractivity contribution < 1.29 is 30.0 Å². The maximum atomic E-state index is 11.7. The van der Waals surface area contributed by atoms with E-state index in [0.717, 1.165) is 32.1 Å². The van der Waals surface area contributed by atoms with Crippen molar-refractivity contribution >= 4 is 5.97 Å². The molecule has 0 aromatic rings. The molecular formula is C16H32O6. The second-order valence-corrected chi connectivity index (χ2v) is 5.82. The Morgan fingerprint density at radius 3 is 2.36 bits per heavy atom. The number of aliphatic hydroxyl groups is 4. The van der Waals surface area contributed by atoms with Crippen LogP contribution in [-0.2, 0) is 9.53 Å². The van der Waals surface area contributed by atoms with E-state index in [1.54, 1.807) is 0 Å². The van der Waals surface area contributed by atoms with Crippen molar-refractivity contribution in [2.45, 2.75) is 83.0 Å². The molecule has 4 N–H and O–H groups in total. The van der Waals surface area contributed by atoms with Crippen molar-refractivity contribution in [3.63, 3.8) is 0 Å². The Balaban J connectivity index is 3.91. The van der Waals surface area contributed by atoms with Gasteiger partial charge in [-0.1, -0.05) is 39.0 Å². The van der Waals surface area contributed by atoms with Crippen LogP contribution in [0.1, 0.15) is 71.1 Å². The van der Waals surface area contributed by atoms with E-state index in [4.69, 9.17) is 9.84 Å². The predicted molar refractivity (Wildman–Crippen MR) is 83.1 cm³/mol. The summed E-state index contributed by atoms with van der Waals surface area (Å²) in [4.78, 5) is 11.7. The Morgan fingerprint density at radius 1 is 1.09 bits per heavy atom. The van der Waals surface area contributed by atoms with Crippen molar-refractivity contribution in [1.82, 2.24) is 0 Å². The number of carbonyl (C=O) groups is 1. The lowest BCUT2D eigenvalue weighted by Gasteiger charge is -2.26. The molecule has 0 bridgehead atoms. The number of hydrogen-bond acceptors (Lipinski definition) is 6. The van der Waals surface area contributed by atoms with Gasteiger partial charge in [0.2, 0.25) is 5.79 Å². The molecule has 0 aliphatic rings. The van der Waals surface area contributed by atoms with Crippen LogP contribution in [0.4, 0.5) is 0 Å². The Bertz CT molecular complexity index is 284. The summed E-state index contributed by atoms with van der Waals surface area (Å²) in [5, 5.41) is 37.2. The Hall–Kier alpha value is -0.690. The Labute approximate surface area is 133 Å². The van der Waals surface area contributed by atoms with E-state index >= 15 is 0 Å². The highest BCUT2D eigenvalue weighted by Gasteiger charge is 2.30. The lowest BCUT2D eigenvalue weighted by Crippen LogP contribution is -2.38. The summed E-state index contributed by atoms with van der Waals surface area (Å²) in [6, 6.07) is 0. The van der Waals surface area contributed by atoms with Crippen molar-refractivity contribution in [3.8, 4) is 0 Å². The van der Waals surface area contributed by atoms with E-state index in [9.17, 15) is 20.1 Å². The first-order valence-electron chi connectivity index (χ1n) is 8.31. The molecule has 0 rings (SSSR count). The SMILES string of the molecule is CCCCCCCC(=O)OC(O)(CO)CCCCC(O)CO. The minimum Gasteiger partial charge on any atom is -0.431 e. The molecule has 0 saturated carbocycles. The molecule has 0 radical (unpaired) electrons. The van der Waals surface area contributed by atoms with Crippen molar-refractivity contribution in [2.75, 3.05) is 13.2 Å². The van der Waals surface area contributed by atoms with E-state index in [-0.39, 0.29) is 19.4 Å². The van der Waals surface area contributed by atoms with Gasteiger partial charge in [-0.25, -0.2) is 0 Å². The molecule has 2 unspecified atom stereocenters. The molecule has 0 saturated heterocycles. The predicted octanol–water partition coefficient (Wildman–Crippen LogP) is 1.48. The van der Waals surface area contributed by atoms with E-state index in [2.05, 4.69) is 6.92 Å². The van der Waals surface area contributed by atoms with Gasteiger partial charge in [-0.2, -0.15) is 0 Å². The van der Waals surface area contributed by atoms with Gasteiger partial charge >= 0.3 is 5.97 Å². The minimum atomic E-state index is -1.84. The normalized spacial score (nSPS) is 15.3. The minimum absolute atomic E-state index is 0.114. The second-order valence-electron chi connectivity index (χ2n) is 5.82. The first-order chi connectivity index (χ1) is 10.5. The number of aliphatic hydroxyl groups excluding tert-OH is 3. The van der Waals surface area contributed by atoms with Crippen molar-refractivity contribution in [1.29, 1.82) is 0 Å². The molecule has 0 aliphatic carbocycles. The molecule has 0 aromatic carbocycles. The largest absolute Gasteiger partial charge is 0.431 e. The van der Waals surface area contributed by atoms with Gasteiger partial charge in [0.05, 0.1) is 12.7 Å². The zero-order valence-corrected chi connectivity index (χ0v) is 13.7. The van der Waals surface area contributed by atoms with Gasteiger partial charge in [-0.15, -0.1) is 0 Å². The smallest absolute Gasteiger partial charge is 0.308 e. The molecule has 0 aliphatic heterocycles. The summed E-state index contributed by atoms with van der Waals surface area (Å²) >= 11 is 0. The quantitative estimate of drug-likeness (QED) is 0.219. The number of hydrogen-bond donors (Lipinski definition) is 4. The Morgan fingerprint density at radius 2 is 1.77 bits per heavy atom. The summed E-state index contributed by atoms with van der Waals surface area (Å²) in [6.07, 6.45) is 6.10. The average Bonchev–Trinajstić information content (AvgIpc) is 2.51. The molecular weight excluding hydrogens is 288 g/mol. The summed E-state index contributed by atoms with van der Waals surface area (Å²) < 4.78 is 4.98. The van der Waals surface area contributed by atoms with Gasteiger partial charge in [0.25, 0.3) is 0 Å². The number of carbonyl (C=O) groups excluding carboxylic acids is 1. The van der Waals surface area contributed by atoms with Crippen LogP contribution < -0.4 is 0 Å². The summed E-state index contributed by atoms with van der Waals surface area (Å²) in [5.41, 5.74) is 0. The fourth-order valence-electron chi connectivity index (χ4n) is 2.17. The third-order valence-electron chi connectivity index (χ3n) is 3.60. The molecule has 0 heterocycles. The molecule has 6 nitrogen and oxygen atoms in total. The van der Waals surface area contributed by atoms with E-state index in [1.165, 1.54) is 0 Å². The van der Waals surface area contributed by atoms with Crippen LogP contribution >= 0.6 is 0 Å². The highest BCUT2D eigenvalue weighted by molar-refractivity contribution is 5.69. The van der Waals surface area contributed by atoms with Gasteiger partial charge in [0, 0.05) is 12.8 Å². The molecule has 0 aromatic heterocycles. The fraction of sp³-hybridized carbons (Fsp3) is 0.938. The number of unbranched alkanes of at least 4 members (excludes halogenated alkanes) is 5. The second kappa shape index (κ2) is 12.8. The lowest BCUT2D eigenvalue weighted by molar-refractivity contribution is -0.226. The average molecular weight is 320 g/mol. The highest BCUT2D eigenvalue weighted by Crippen LogP contribution is 2.18. The zero-order chi connectivity index (χ0) is 16.8. The maximum Gasteiger partial charge on any atom is 0.308 e. The van der Waals surface area contributed by atoms with Crippen LogP contribution in [0.15, 0.2) is 0 Å². The molecule has 0 fully saturated rings. The number of esters is 1. The molecule has 22 heavy (non-hydrogen) atoms. The highest BCUT2D eigenvalue weighted by atomic mass is 16.7. The third-order valence-corrected chi connectivity index (χ3v) is 3.60. The van der Waals surface area contributed by atoms with Gasteiger partial charge in [-0.05, 0) is 19.3 Å². The van der Waals surface area contributed by atoms with Crippen LogP contribution in [-0.4, -0.2) is 51.5 Å². The van der Waals surface area contributed by atoms with Crippen LogP contribution in [0, 0.1) is 0 Å². The number of rotatable bonds is 14. The first-order valence-corrected chi connectivity index (χ1v) is 8.31. The van der Waals surface area contributed by atoms with E-state index in [1.807, 2.05) is 0 Å². The van der Waals surface area contributed by atoms with Crippen LogP contribution in [0.25, 0.3) is 0 Å². The standard InChI is InChI=1S/C16H32O6/c1-2-3-4-5-6-10-15(20)22-16(21,13-18)11-8-7-9-14(19)12-17/h14,17-19,21H,2-13H2,1H3. The van der Waals surface area contributed by atoms with E-state index in [0.29, 0.717) is 19.3 Å². The first kappa shape index (κ1) is 21.3. The van der Waals surface area contributed by atoms with Crippen LogP contribution in [0.2, 0.25) is 0 Å². The van der Waals surface area contributed by atoms with Gasteiger partial charge < -0.3 is 25.2 Å². The van der Waals surface area contributed by atoms with Crippen LogP contribution in [0.3, 0.4) is 0 Å². The van der Waals surface area contributed by atoms with E-state index < -0.39 is 24.5 Å². The van der Waals surface area contributed by atoms with Crippen molar-refractivity contribution in [2.24, 2.45) is 0 Å². The molecule has 6 heteroatoms. The third kappa shape index (κ3) is 11.0. The van der Waals surface area contributed by atoms with Gasteiger partial charge in [-0.3, -0.25) is 4.79 Å².